The van der Waals surface area contributed by atoms with Crippen LogP contribution in [0.3, 0.4) is 0 Å². The number of aromatic hydroxyl groups is 1. The maximum Gasteiger partial charge on any atom is 0.253 e. The summed E-state index contributed by atoms with van der Waals surface area (Å²) >= 11 is 0. The third-order valence-electron chi connectivity index (χ3n) is 3.36. The van der Waals surface area contributed by atoms with Crippen LogP contribution in [0, 0.1) is 0 Å². The number of nitrogens with one attached hydrogen (secondary N) is 1. The zero-order valence-corrected chi connectivity index (χ0v) is 12.3. The van der Waals surface area contributed by atoms with Crippen LogP contribution in [0.5, 0.6) is 5.75 Å². The first-order valence-corrected chi connectivity index (χ1v) is 7.14. The van der Waals surface area contributed by atoms with Crippen LogP contribution in [0.4, 0.5) is 0 Å². The van der Waals surface area contributed by atoms with Gasteiger partial charge in [-0.25, -0.2) is 0 Å². The first-order chi connectivity index (χ1) is 11.2. The molecule has 1 aromatic carbocycles. The van der Waals surface area contributed by atoms with Crippen molar-refractivity contribution in [3.63, 3.8) is 0 Å². The van der Waals surface area contributed by atoms with Gasteiger partial charge in [-0.3, -0.25) is 14.8 Å². The summed E-state index contributed by atoms with van der Waals surface area (Å²) < 4.78 is 0. The second-order valence-electron chi connectivity index (χ2n) is 5.06. The van der Waals surface area contributed by atoms with Crippen molar-refractivity contribution >= 4 is 5.91 Å². The minimum atomic E-state index is -0.205. The number of amides is 1. The lowest BCUT2D eigenvalue weighted by molar-refractivity contribution is 0.0950. The van der Waals surface area contributed by atoms with Gasteiger partial charge in [-0.1, -0.05) is 18.2 Å². The van der Waals surface area contributed by atoms with E-state index in [2.05, 4.69) is 15.3 Å². The van der Waals surface area contributed by atoms with E-state index in [4.69, 9.17) is 0 Å². The van der Waals surface area contributed by atoms with Crippen molar-refractivity contribution in [1.29, 1.82) is 0 Å². The fourth-order valence-electron chi connectivity index (χ4n) is 2.19. The van der Waals surface area contributed by atoms with E-state index >= 15 is 0 Å². The Morgan fingerprint density at radius 3 is 2.70 bits per heavy atom. The molecule has 0 saturated carbocycles. The molecule has 0 fully saturated rings. The van der Waals surface area contributed by atoms with Gasteiger partial charge in [-0.2, -0.15) is 0 Å². The van der Waals surface area contributed by atoms with Gasteiger partial charge in [0.25, 0.3) is 5.91 Å². The van der Waals surface area contributed by atoms with Crippen molar-refractivity contribution in [3.8, 4) is 16.9 Å². The Bertz CT molecular complexity index is 819. The maximum atomic E-state index is 12.2. The lowest BCUT2D eigenvalue weighted by atomic mass is 10.1. The summed E-state index contributed by atoms with van der Waals surface area (Å²) in [6.07, 6.45) is 6.58. The molecule has 2 aromatic heterocycles. The number of hydrogen-bond acceptors (Lipinski definition) is 4. The normalized spacial score (nSPS) is 10.3. The third-order valence-corrected chi connectivity index (χ3v) is 3.36. The van der Waals surface area contributed by atoms with Crippen LogP contribution >= 0.6 is 0 Å². The van der Waals surface area contributed by atoms with Crippen LogP contribution in [0.1, 0.15) is 15.9 Å². The quantitative estimate of drug-likeness (QED) is 0.777. The lowest BCUT2D eigenvalue weighted by Gasteiger charge is -2.07. The van der Waals surface area contributed by atoms with E-state index in [1.807, 2.05) is 18.2 Å². The highest BCUT2D eigenvalue weighted by molar-refractivity contribution is 5.95. The van der Waals surface area contributed by atoms with Gasteiger partial charge < -0.3 is 10.4 Å². The highest BCUT2D eigenvalue weighted by atomic mass is 16.3. The molecule has 3 aromatic rings. The van der Waals surface area contributed by atoms with Crippen LogP contribution in [-0.2, 0) is 6.54 Å². The molecule has 5 nitrogen and oxygen atoms in total. The number of aromatic nitrogens is 2. The standard InChI is InChI=1S/C18H15N3O2/c22-17-5-1-4-14(8-17)15-7-16(12-20-11-15)18(23)21-10-13-3-2-6-19-9-13/h1-9,11-12,22H,10H2,(H,21,23). The highest BCUT2D eigenvalue weighted by Gasteiger charge is 2.08. The van der Waals surface area contributed by atoms with Gasteiger partial charge in [0.15, 0.2) is 0 Å². The molecule has 0 bridgehead atoms. The molecule has 0 atom stereocenters. The zero-order valence-electron chi connectivity index (χ0n) is 12.3. The van der Waals surface area contributed by atoms with Gasteiger partial charge >= 0.3 is 0 Å². The maximum absolute atomic E-state index is 12.2. The topological polar surface area (TPSA) is 75.1 Å². The van der Waals surface area contributed by atoms with E-state index in [1.54, 1.807) is 42.9 Å². The summed E-state index contributed by atoms with van der Waals surface area (Å²) in [4.78, 5) is 20.4. The van der Waals surface area contributed by atoms with Gasteiger partial charge in [0, 0.05) is 36.9 Å². The molecule has 2 N–H and O–H groups in total. The Kier molecular flexibility index (Phi) is 4.29. The molecule has 5 heteroatoms. The highest BCUT2D eigenvalue weighted by Crippen LogP contribution is 2.23. The molecule has 23 heavy (non-hydrogen) atoms. The molecule has 3 rings (SSSR count). The Hall–Kier alpha value is -3.21. The minimum Gasteiger partial charge on any atom is -0.508 e. The monoisotopic (exact) mass is 305 g/mol. The van der Waals surface area contributed by atoms with E-state index < -0.39 is 0 Å². The second-order valence-corrected chi connectivity index (χ2v) is 5.06. The van der Waals surface area contributed by atoms with Crippen molar-refractivity contribution in [1.82, 2.24) is 15.3 Å². The summed E-state index contributed by atoms with van der Waals surface area (Å²) in [6.45, 7) is 0.406. The number of carbonyl (C=O) groups excluding carboxylic acids is 1. The smallest absolute Gasteiger partial charge is 0.253 e. The predicted octanol–water partition coefficient (Wildman–Crippen LogP) is 2.78. The number of benzene rings is 1. The predicted molar refractivity (Wildman–Crippen MR) is 86.7 cm³/mol. The summed E-state index contributed by atoms with van der Waals surface area (Å²) in [7, 11) is 0. The number of phenols is 1. The molecule has 0 aliphatic heterocycles. The second kappa shape index (κ2) is 6.70. The first kappa shape index (κ1) is 14.7. The first-order valence-electron chi connectivity index (χ1n) is 7.14. The van der Waals surface area contributed by atoms with E-state index in [0.29, 0.717) is 12.1 Å². The molecular formula is C18H15N3O2. The molecule has 0 aliphatic carbocycles. The number of pyridine rings is 2. The van der Waals surface area contributed by atoms with E-state index in [9.17, 15) is 9.90 Å². The number of rotatable bonds is 4. The Balaban J connectivity index is 1.75. The van der Waals surface area contributed by atoms with Gasteiger partial charge in [0.2, 0.25) is 0 Å². The molecule has 0 unspecified atom stereocenters. The number of hydrogen-bond donors (Lipinski definition) is 2. The van der Waals surface area contributed by atoms with E-state index in [0.717, 1.165) is 16.7 Å². The van der Waals surface area contributed by atoms with E-state index in [1.165, 1.54) is 6.20 Å². The van der Waals surface area contributed by atoms with Crippen LogP contribution in [0.15, 0.2) is 67.3 Å². The average Bonchev–Trinajstić information content (AvgIpc) is 2.61. The van der Waals surface area contributed by atoms with Crippen LogP contribution in [0.25, 0.3) is 11.1 Å². The Morgan fingerprint density at radius 1 is 1.00 bits per heavy atom. The number of phenolic OH excluding ortho intramolecular Hbond substituents is 1. The summed E-state index contributed by atoms with van der Waals surface area (Å²) in [5.41, 5.74) is 2.97. The van der Waals surface area contributed by atoms with Gasteiger partial charge in [-0.15, -0.1) is 0 Å². The van der Waals surface area contributed by atoms with Crippen molar-refractivity contribution in [2.75, 3.05) is 0 Å². The summed E-state index contributed by atoms with van der Waals surface area (Å²) in [5.74, 6) is -0.0303. The van der Waals surface area contributed by atoms with E-state index in [-0.39, 0.29) is 11.7 Å². The fourth-order valence-corrected chi connectivity index (χ4v) is 2.19. The van der Waals surface area contributed by atoms with Crippen LogP contribution in [-0.4, -0.2) is 21.0 Å². The van der Waals surface area contributed by atoms with Crippen molar-refractivity contribution < 1.29 is 9.90 Å². The SMILES string of the molecule is O=C(NCc1cccnc1)c1cncc(-c2cccc(O)c2)c1. The molecule has 2 heterocycles. The molecule has 0 saturated heterocycles. The molecule has 1 amide bonds. The Morgan fingerprint density at radius 2 is 1.91 bits per heavy atom. The van der Waals surface area contributed by atoms with Gasteiger partial charge in [-0.05, 0) is 35.4 Å². The summed E-state index contributed by atoms with van der Waals surface area (Å²) in [6, 6.07) is 12.3. The molecule has 0 aliphatic rings. The fraction of sp³-hybridized carbons (Fsp3) is 0.0556. The van der Waals surface area contributed by atoms with Crippen LogP contribution < -0.4 is 5.32 Å². The van der Waals surface area contributed by atoms with Gasteiger partial charge in [0.05, 0.1) is 5.56 Å². The zero-order chi connectivity index (χ0) is 16.1. The largest absolute Gasteiger partial charge is 0.508 e. The summed E-state index contributed by atoms with van der Waals surface area (Å²) in [5, 5.41) is 12.4. The van der Waals surface area contributed by atoms with Crippen molar-refractivity contribution in [3.05, 3.63) is 78.4 Å². The van der Waals surface area contributed by atoms with Crippen molar-refractivity contribution in [2.24, 2.45) is 0 Å². The molecule has 114 valence electrons. The molecule has 0 radical (unpaired) electrons. The number of carbonyl (C=O) groups is 1. The average molecular weight is 305 g/mol. The molecule has 0 spiro atoms. The van der Waals surface area contributed by atoms with Crippen LogP contribution in [0.2, 0.25) is 0 Å². The molecular weight excluding hydrogens is 290 g/mol. The minimum absolute atomic E-state index is 0.175. The third kappa shape index (κ3) is 3.71. The van der Waals surface area contributed by atoms with Gasteiger partial charge in [0.1, 0.15) is 5.75 Å². The number of nitrogens with zero attached hydrogens (tertiary/aromatic N) is 2. The Labute approximate surface area is 133 Å². The lowest BCUT2D eigenvalue weighted by Crippen LogP contribution is -2.23. The van der Waals surface area contributed by atoms with Crippen molar-refractivity contribution in [2.45, 2.75) is 6.54 Å².